The highest BCUT2D eigenvalue weighted by molar-refractivity contribution is 5.70. The van der Waals surface area contributed by atoms with Gasteiger partial charge < -0.3 is 4.57 Å². The average Bonchev–Trinajstić information content (AvgIpc) is 3.67. The lowest BCUT2D eigenvalue weighted by atomic mass is 10.1. The summed E-state index contributed by atoms with van der Waals surface area (Å²) in [5.41, 5.74) is 5.35. The first kappa shape index (κ1) is 23.7. The van der Waals surface area contributed by atoms with Gasteiger partial charge in [0, 0.05) is 18.5 Å². The van der Waals surface area contributed by atoms with Crippen molar-refractivity contribution in [3.05, 3.63) is 83.9 Å². The second kappa shape index (κ2) is 11.1. The minimum atomic E-state index is 0.629. The number of hydrogen-bond donors (Lipinski definition) is 1. The maximum absolute atomic E-state index is 4.85. The fourth-order valence-electron chi connectivity index (χ4n) is 4.44. The summed E-state index contributed by atoms with van der Waals surface area (Å²) >= 11 is 0. The van der Waals surface area contributed by atoms with Gasteiger partial charge in [-0.05, 0) is 58.7 Å². The number of benzene rings is 2. The molecule has 0 aliphatic heterocycles. The Hall–Kier alpha value is -4.07. The lowest BCUT2D eigenvalue weighted by Crippen LogP contribution is -2.08. The minimum Gasteiger partial charge on any atom is -0.306 e. The van der Waals surface area contributed by atoms with Crippen molar-refractivity contribution < 1.29 is 0 Å². The average molecular weight is 481 g/mol. The summed E-state index contributed by atoms with van der Waals surface area (Å²) < 4.78 is 4.28. The Bertz CT molecular complexity index is 1370. The number of hydrogen-bond acceptors (Lipinski definition) is 5. The van der Waals surface area contributed by atoms with Gasteiger partial charge in [0.1, 0.15) is 5.82 Å². The van der Waals surface area contributed by atoms with E-state index < -0.39 is 0 Å². The summed E-state index contributed by atoms with van der Waals surface area (Å²) in [6, 6.07) is 23.1. The standard InChI is InChI=1S/C28H32N8/c1-3-5-12-26-29-27(13-6-4-2)35(32-26)20-21-14-16-23(17-15-21)36-24(22-10-8-7-9-11-22)18-19-25(36)28-30-33-34-31-28/h7-11,14-19H,3-6,12-13,20H2,1-2H3,(H,30,31,33,34). The van der Waals surface area contributed by atoms with Crippen molar-refractivity contribution in [1.29, 1.82) is 0 Å². The third kappa shape index (κ3) is 5.12. The molecule has 0 atom stereocenters. The van der Waals surface area contributed by atoms with E-state index in [1.54, 1.807) is 0 Å². The van der Waals surface area contributed by atoms with E-state index in [-0.39, 0.29) is 0 Å². The van der Waals surface area contributed by atoms with Crippen molar-refractivity contribution in [2.45, 2.75) is 58.9 Å². The van der Waals surface area contributed by atoms with Gasteiger partial charge in [0.25, 0.3) is 0 Å². The number of nitrogens with one attached hydrogen (secondary N) is 1. The molecule has 0 unspecified atom stereocenters. The molecule has 0 amide bonds. The van der Waals surface area contributed by atoms with E-state index in [2.05, 4.69) is 98.3 Å². The number of nitrogens with zero attached hydrogens (tertiary/aromatic N) is 7. The molecule has 0 aliphatic carbocycles. The molecule has 0 fully saturated rings. The highest BCUT2D eigenvalue weighted by Crippen LogP contribution is 2.30. The van der Waals surface area contributed by atoms with Crippen LogP contribution in [0.4, 0.5) is 0 Å². The van der Waals surface area contributed by atoms with Gasteiger partial charge in [-0.15, -0.1) is 5.10 Å². The van der Waals surface area contributed by atoms with Crippen molar-refractivity contribution in [3.8, 4) is 28.5 Å². The molecular formula is C28H32N8. The molecule has 36 heavy (non-hydrogen) atoms. The second-order valence-corrected chi connectivity index (χ2v) is 9.03. The molecule has 184 valence electrons. The number of rotatable bonds is 11. The van der Waals surface area contributed by atoms with Gasteiger partial charge in [-0.25, -0.2) is 14.8 Å². The van der Waals surface area contributed by atoms with Gasteiger partial charge in [0.05, 0.1) is 17.9 Å². The van der Waals surface area contributed by atoms with Gasteiger partial charge in [-0.2, -0.15) is 5.10 Å². The van der Waals surface area contributed by atoms with E-state index in [9.17, 15) is 0 Å². The van der Waals surface area contributed by atoms with Gasteiger partial charge in [0.15, 0.2) is 11.6 Å². The van der Waals surface area contributed by atoms with Crippen LogP contribution in [-0.2, 0) is 19.4 Å². The number of aromatic amines is 1. The first-order valence-electron chi connectivity index (χ1n) is 12.8. The number of aryl methyl sites for hydroxylation is 2. The van der Waals surface area contributed by atoms with Crippen LogP contribution in [0.15, 0.2) is 66.7 Å². The van der Waals surface area contributed by atoms with E-state index in [1.807, 2.05) is 12.1 Å². The van der Waals surface area contributed by atoms with Crippen LogP contribution in [0.1, 0.15) is 56.7 Å². The van der Waals surface area contributed by atoms with E-state index >= 15 is 0 Å². The van der Waals surface area contributed by atoms with Crippen molar-refractivity contribution >= 4 is 0 Å². The Morgan fingerprint density at radius 3 is 2.28 bits per heavy atom. The Balaban J connectivity index is 1.46. The maximum Gasteiger partial charge on any atom is 0.196 e. The molecule has 0 aliphatic rings. The highest BCUT2D eigenvalue weighted by atomic mass is 15.5. The lowest BCUT2D eigenvalue weighted by Gasteiger charge is -2.14. The minimum absolute atomic E-state index is 0.629. The van der Waals surface area contributed by atoms with Gasteiger partial charge in [-0.3, -0.25) is 0 Å². The van der Waals surface area contributed by atoms with E-state index in [1.165, 1.54) is 5.56 Å². The molecule has 0 spiro atoms. The Kier molecular flexibility index (Phi) is 7.30. The van der Waals surface area contributed by atoms with Gasteiger partial charge in [0.2, 0.25) is 0 Å². The molecule has 5 rings (SSSR count). The molecule has 8 nitrogen and oxygen atoms in total. The fraction of sp³-hybridized carbons (Fsp3) is 0.321. The Labute approximate surface area is 211 Å². The summed E-state index contributed by atoms with van der Waals surface area (Å²) in [4.78, 5) is 4.85. The van der Waals surface area contributed by atoms with Gasteiger partial charge in [-0.1, -0.05) is 69.2 Å². The van der Waals surface area contributed by atoms with E-state index in [0.717, 1.165) is 72.8 Å². The molecule has 3 heterocycles. The number of aromatic nitrogens is 8. The predicted octanol–water partition coefficient (Wildman–Crippen LogP) is 5.65. The van der Waals surface area contributed by atoms with Crippen molar-refractivity contribution in [2.24, 2.45) is 0 Å². The normalized spacial score (nSPS) is 11.3. The largest absolute Gasteiger partial charge is 0.306 e. The van der Waals surface area contributed by atoms with Crippen LogP contribution in [-0.4, -0.2) is 40.0 Å². The van der Waals surface area contributed by atoms with Crippen LogP contribution in [0.2, 0.25) is 0 Å². The van der Waals surface area contributed by atoms with Crippen LogP contribution in [0, 0.1) is 0 Å². The van der Waals surface area contributed by atoms with Crippen LogP contribution in [0.25, 0.3) is 28.5 Å². The Morgan fingerprint density at radius 2 is 1.56 bits per heavy atom. The SMILES string of the molecule is CCCCc1nc(CCCC)n(Cc2ccc(-n3c(-c4ccccc4)ccc3-c3nnn[nH]3)cc2)n1. The first-order valence-corrected chi connectivity index (χ1v) is 12.8. The third-order valence-electron chi connectivity index (χ3n) is 6.37. The van der Waals surface area contributed by atoms with Crippen molar-refractivity contribution in [1.82, 2.24) is 40.0 Å². The lowest BCUT2D eigenvalue weighted by molar-refractivity contribution is 0.612. The molecule has 8 heteroatoms. The van der Waals surface area contributed by atoms with Crippen molar-refractivity contribution in [3.63, 3.8) is 0 Å². The first-order chi connectivity index (χ1) is 17.8. The van der Waals surface area contributed by atoms with Crippen LogP contribution in [0.5, 0.6) is 0 Å². The summed E-state index contributed by atoms with van der Waals surface area (Å²) in [5.74, 6) is 2.68. The fourth-order valence-corrected chi connectivity index (χ4v) is 4.44. The monoisotopic (exact) mass is 480 g/mol. The Morgan fingerprint density at radius 1 is 0.806 bits per heavy atom. The number of tetrazole rings is 1. The zero-order valence-corrected chi connectivity index (χ0v) is 20.9. The molecule has 0 saturated carbocycles. The van der Waals surface area contributed by atoms with Gasteiger partial charge >= 0.3 is 0 Å². The molecule has 1 N–H and O–H groups in total. The van der Waals surface area contributed by atoms with E-state index in [0.29, 0.717) is 12.4 Å². The quantitative estimate of drug-likeness (QED) is 0.264. The van der Waals surface area contributed by atoms with E-state index in [4.69, 9.17) is 10.1 Å². The molecule has 0 saturated heterocycles. The molecular weight excluding hydrogens is 448 g/mol. The predicted molar refractivity (Wildman–Crippen MR) is 141 cm³/mol. The zero-order chi connectivity index (χ0) is 24.7. The molecule has 5 aromatic rings. The number of unbranched alkanes of at least 4 members (excludes halogenated alkanes) is 2. The molecule has 0 bridgehead atoms. The number of H-pyrrole nitrogens is 1. The topological polar surface area (TPSA) is 90.1 Å². The second-order valence-electron chi connectivity index (χ2n) is 9.03. The third-order valence-corrected chi connectivity index (χ3v) is 6.37. The summed E-state index contributed by atoms with van der Waals surface area (Å²) in [6.07, 6.45) is 6.45. The zero-order valence-electron chi connectivity index (χ0n) is 20.9. The van der Waals surface area contributed by atoms with Crippen LogP contribution < -0.4 is 0 Å². The summed E-state index contributed by atoms with van der Waals surface area (Å²) in [5, 5.41) is 19.5. The maximum atomic E-state index is 4.85. The highest BCUT2D eigenvalue weighted by Gasteiger charge is 2.16. The smallest absolute Gasteiger partial charge is 0.196 e. The molecule has 0 radical (unpaired) electrons. The molecule has 3 aromatic heterocycles. The van der Waals surface area contributed by atoms with Crippen molar-refractivity contribution in [2.75, 3.05) is 0 Å². The summed E-state index contributed by atoms with van der Waals surface area (Å²) in [7, 11) is 0. The van der Waals surface area contributed by atoms with Crippen LogP contribution >= 0.6 is 0 Å². The molecule has 2 aromatic carbocycles. The van der Waals surface area contributed by atoms with Crippen LogP contribution in [0.3, 0.4) is 0 Å². The summed E-state index contributed by atoms with van der Waals surface area (Å²) in [6.45, 7) is 5.13.